The normalized spacial score (nSPS) is 15.2. The first kappa shape index (κ1) is 19.6. The van der Waals surface area contributed by atoms with Gasteiger partial charge in [-0.15, -0.1) is 0 Å². The molecule has 0 spiro atoms. The zero-order chi connectivity index (χ0) is 21.2. The maximum Gasteiger partial charge on any atom is 0.262 e. The van der Waals surface area contributed by atoms with Crippen LogP contribution in [0.4, 0.5) is 4.39 Å². The maximum atomic E-state index is 14.1. The summed E-state index contributed by atoms with van der Waals surface area (Å²) in [6.07, 6.45) is -0.344. The van der Waals surface area contributed by atoms with Gasteiger partial charge in [0.2, 0.25) is 0 Å². The van der Waals surface area contributed by atoms with Gasteiger partial charge in [-0.1, -0.05) is 54.2 Å². The minimum Gasteiger partial charge on any atom is -0.486 e. The monoisotopic (exact) mass is 434 g/mol. The van der Waals surface area contributed by atoms with Gasteiger partial charge in [-0.25, -0.2) is 9.37 Å². The van der Waals surface area contributed by atoms with E-state index < -0.39 is 0 Å². The second-order valence-electron chi connectivity index (χ2n) is 7.20. The Balaban J connectivity index is 1.48. The van der Waals surface area contributed by atoms with Crippen LogP contribution in [0, 0.1) is 5.82 Å². The minimum atomic E-state index is -0.344. The van der Waals surface area contributed by atoms with Gasteiger partial charge < -0.3 is 9.47 Å². The van der Waals surface area contributed by atoms with Crippen molar-refractivity contribution in [3.05, 3.63) is 94.5 Å². The fourth-order valence-electron chi connectivity index (χ4n) is 3.53. The van der Waals surface area contributed by atoms with Crippen molar-refractivity contribution in [2.24, 2.45) is 0 Å². The fourth-order valence-corrected chi connectivity index (χ4v) is 4.53. The molecule has 1 aliphatic heterocycles. The highest BCUT2D eigenvalue weighted by atomic mass is 32.2. The quantitative estimate of drug-likeness (QED) is 0.338. The second kappa shape index (κ2) is 8.43. The number of benzene rings is 3. The molecule has 0 N–H and O–H groups in total. The molecule has 5 rings (SSSR count). The van der Waals surface area contributed by atoms with Crippen LogP contribution in [-0.2, 0) is 12.3 Å². The van der Waals surface area contributed by atoms with Crippen LogP contribution in [0.15, 0.2) is 82.7 Å². The van der Waals surface area contributed by atoms with Crippen LogP contribution < -0.4 is 15.0 Å². The Morgan fingerprint density at radius 1 is 1.00 bits per heavy atom. The number of fused-ring (bicyclic) bond motifs is 2. The Labute approximate surface area is 182 Å². The predicted molar refractivity (Wildman–Crippen MR) is 118 cm³/mol. The van der Waals surface area contributed by atoms with Crippen LogP contribution in [0.3, 0.4) is 0 Å². The molecule has 31 heavy (non-hydrogen) atoms. The number of rotatable bonds is 5. The number of thioether (sulfide) groups is 1. The molecular formula is C24H19FN2O3S. The average molecular weight is 434 g/mol. The molecule has 1 atom stereocenters. The summed E-state index contributed by atoms with van der Waals surface area (Å²) in [6.45, 7) is 0.609. The van der Waals surface area contributed by atoms with Crippen molar-refractivity contribution in [2.75, 3.05) is 6.61 Å². The fraction of sp³-hybridized carbons (Fsp3) is 0.167. The summed E-state index contributed by atoms with van der Waals surface area (Å²) < 4.78 is 27.6. The Morgan fingerprint density at radius 3 is 2.61 bits per heavy atom. The van der Waals surface area contributed by atoms with Crippen LogP contribution in [0.5, 0.6) is 11.5 Å². The molecule has 0 aliphatic carbocycles. The van der Waals surface area contributed by atoms with Crippen LogP contribution >= 0.6 is 11.8 Å². The molecule has 5 nitrogen and oxygen atoms in total. The Morgan fingerprint density at radius 2 is 1.74 bits per heavy atom. The van der Waals surface area contributed by atoms with Gasteiger partial charge in [0.1, 0.15) is 12.4 Å². The van der Waals surface area contributed by atoms with Crippen molar-refractivity contribution in [3.63, 3.8) is 0 Å². The lowest BCUT2D eigenvalue weighted by atomic mass is 10.2. The highest BCUT2D eigenvalue weighted by Gasteiger charge is 2.23. The standard InChI is InChI=1S/C24H19FN2O3S/c25-19-9-3-1-7-16(19)15-31-24-26-20-10-4-2-8-18(20)23(28)27(24)13-17-14-29-21-11-5-6-12-22(21)30-17/h1-12,17H,13-15H2/t17-/m1/s1. The highest BCUT2D eigenvalue weighted by Crippen LogP contribution is 2.31. The van der Waals surface area contributed by atoms with Crippen molar-refractivity contribution in [2.45, 2.75) is 23.6 Å². The number of para-hydroxylation sites is 3. The summed E-state index contributed by atoms with van der Waals surface area (Å²) in [5.74, 6) is 1.44. The van der Waals surface area contributed by atoms with E-state index in [1.807, 2.05) is 42.5 Å². The van der Waals surface area contributed by atoms with Gasteiger partial charge in [-0.2, -0.15) is 0 Å². The zero-order valence-corrected chi connectivity index (χ0v) is 17.3. The first-order valence-electron chi connectivity index (χ1n) is 9.93. The summed E-state index contributed by atoms with van der Waals surface area (Å²) in [7, 11) is 0. The van der Waals surface area contributed by atoms with Crippen molar-refractivity contribution >= 4 is 22.7 Å². The third-order valence-corrected chi connectivity index (χ3v) is 6.12. The first-order valence-corrected chi connectivity index (χ1v) is 10.9. The molecule has 0 unspecified atom stereocenters. The zero-order valence-electron chi connectivity index (χ0n) is 16.5. The summed E-state index contributed by atoms with van der Waals surface area (Å²) in [5.41, 5.74) is 1.03. The highest BCUT2D eigenvalue weighted by molar-refractivity contribution is 7.98. The Hall–Kier alpha value is -3.32. The van der Waals surface area contributed by atoms with Crippen LogP contribution in [0.2, 0.25) is 0 Å². The third kappa shape index (κ3) is 4.01. The Kier molecular flexibility index (Phi) is 5.34. The van der Waals surface area contributed by atoms with Crippen LogP contribution in [0.1, 0.15) is 5.56 Å². The molecule has 7 heteroatoms. The molecule has 1 aliphatic rings. The van der Waals surface area contributed by atoms with E-state index in [9.17, 15) is 9.18 Å². The summed E-state index contributed by atoms with van der Waals surface area (Å²) >= 11 is 1.33. The summed E-state index contributed by atoms with van der Waals surface area (Å²) in [4.78, 5) is 18.0. The largest absolute Gasteiger partial charge is 0.486 e. The number of hydrogen-bond acceptors (Lipinski definition) is 5. The van der Waals surface area contributed by atoms with Gasteiger partial charge in [0.25, 0.3) is 5.56 Å². The van der Waals surface area contributed by atoms with Crippen LogP contribution in [-0.4, -0.2) is 22.3 Å². The van der Waals surface area contributed by atoms with Gasteiger partial charge in [-0.05, 0) is 35.9 Å². The smallest absolute Gasteiger partial charge is 0.262 e. The molecule has 4 aromatic rings. The van der Waals surface area contributed by atoms with E-state index >= 15 is 0 Å². The lowest BCUT2D eigenvalue weighted by molar-refractivity contribution is 0.0757. The number of nitrogens with zero attached hydrogens (tertiary/aromatic N) is 2. The first-order chi connectivity index (χ1) is 15.2. The van der Waals surface area contributed by atoms with Gasteiger partial charge in [-0.3, -0.25) is 9.36 Å². The van der Waals surface area contributed by atoms with E-state index in [2.05, 4.69) is 0 Å². The number of ether oxygens (including phenoxy) is 2. The molecular weight excluding hydrogens is 415 g/mol. The molecule has 0 fully saturated rings. The van der Waals surface area contributed by atoms with E-state index in [1.165, 1.54) is 17.8 Å². The topological polar surface area (TPSA) is 53.4 Å². The molecule has 1 aromatic heterocycles. The molecule has 0 saturated carbocycles. The lowest BCUT2D eigenvalue weighted by Gasteiger charge is -2.27. The molecule has 0 bridgehead atoms. The van der Waals surface area contributed by atoms with Crippen molar-refractivity contribution in [3.8, 4) is 11.5 Å². The minimum absolute atomic E-state index is 0.149. The number of hydrogen-bond donors (Lipinski definition) is 0. The average Bonchev–Trinajstić information content (AvgIpc) is 2.80. The molecule has 2 heterocycles. The maximum absolute atomic E-state index is 14.1. The van der Waals surface area contributed by atoms with E-state index in [0.29, 0.717) is 45.5 Å². The second-order valence-corrected chi connectivity index (χ2v) is 8.15. The van der Waals surface area contributed by atoms with Crippen LogP contribution in [0.25, 0.3) is 10.9 Å². The van der Waals surface area contributed by atoms with Crippen molar-refractivity contribution in [1.29, 1.82) is 0 Å². The summed E-state index contributed by atoms with van der Waals surface area (Å²) in [6, 6.07) is 21.3. The number of halogens is 1. The SMILES string of the molecule is O=c1c2ccccc2nc(SCc2ccccc2F)n1C[C@@H]1COc2ccccc2O1. The molecule has 0 amide bonds. The van der Waals surface area contributed by atoms with Crippen molar-refractivity contribution in [1.82, 2.24) is 9.55 Å². The van der Waals surface area contributed by atoms with Gasteiger partial charge in [0, 0.05) is 5.75 Å². The Bertz CT molecular complexity index is 1310. The van der Waals surface area contributed by atoms with E-state index in [0.717, 1.165) is 0 Å². The molecule has 156 valence electrons. The third-order valence-electron chi connectivity index (χ3n) is 5.09. The lowest BCUT2D eigenvalue weighted by Crippen LogP contribution is -2.37. The van der Waals surface area contributed by atoms with E-state index in [1.54, 1.807) is 28.8 Å². The number of aromatic nitrogens is 2. The van der Waals surface area contributed by atoms with E-state index in [-0.39, 0.29) is 24.0 Å². The molecule has 0 radical (unpaired) electrons. The molecule has 0 saturated heterocycles. The van der Waals surface area contributed by atoms with E-state index in [4.69, 9.17) is 14.5 Å². The van der Waals surface area contributed by atoms with Gasteiger partial charge in [0.05, 0.1) is 17.4 Å². The van der Waals surface area contributed by atoms with Gasteiger partial charge in [0.15, 0.2) is 22.8 Å². The molecule has 3 aromatic carbocycles. The van der Waals surface area contributed by atoms with Crippen molar-refractivity contribution < 1.29 is 13.9 Å². The van der Waals surface area contributed by atoms with Gasteiger partial charge >= 0.3 is 0 Å². The summed E-state index contributed by atoms with van der Waals surface area (Å²) in [5, 5.41) is 1.06. The predicted octanol–water partition coefficient (Wildman–Crippen LogP) is 4.67.